The lowest BCUT2D eigenvalue weighted by Gasteiger charge is -2.37. The van der Waals surface area contributed by atoms with Crippen molar-refractivity contribution in [2.75, 3.05) is 33.7 Å². The minimum absolute atomic E-state index is 0.0749. The molecule has 1 fully saturated rings. The van der Waals surface area contributed by atoms with E-state index in [0.717, 1.165) is 25.9 Å². The Morgan fingerprint density at radius 1 is 1.56 bits per heavy atom. The molecule has 4 heteroatoms. The summed E-state index contributed by atoms with van der Waals surface area (Å²) in [5, 5.41) is 0. The van der Waals surface area contributed by atoms with Crippen LogP contribution in [0.5, 0.6) is 0 Å². The largest absolute Gasteiger partial charge is 0.341 e. The van der Waals surface area contributed by atoms with E-state index in [1.165, 1.54) is 6.42 Å². The third kappa shape index (κ3) is 3.46. The first-order valence-corrected chi connectivity index (χ1v) is 6.21. The van der Waals surface area contributed by atoms with Gasteiger partial charge in [0.25, 0.3) is 0 Å². The van der Waals surface area contributed by atoms with Gasteiger partial charge < -0.3 is 15.5 Å². The van der Waals surface area contributed by atoms with Crippen molar-refractivity contribution in [1.29, 1.82) is 0 Å². The molecule has 1 heterocycles. The van der Waals surface area contributed by atoms with Crippen molar-refractivity contribution in [2.45, 2.75) is 32.2 Å². The smallest absolute Gasteiger partial charge is 0.225 e. The van der Waals surface area contributed by atoms with Gasteiger partial charge in [0, 0.05) is 25.0 Å². The molecular weight excluding hydrogens is 202 g/mol. The van der Waals surface area contributed by atoms with Crippen LogP contribution < -0.4 is 5.73 Å². The fraction of sp³-hybridized carbons (Fsp3) is 0.917. The molecule has 0 bridgehead atoms. The van der Waals surface area contributed by atoms with Crippen LogP contribution in [0.1, 0.15) is 26.2 Å². The first kappa shape index (κ1) is 13.5. The van der Waals surface area contributed by atoms with E-state index in [1.807, 2.05) is 11.8 Å². The average Bonchev–Trinajstić information content (AvgIpc) is 2.28. The van der Waals surface area contributed by atoms with Crippen LogP contribution in [0.2, 0.25) is 0 Å². The van der Waals surface area contributed by atoms with Gasteiger partial charge in [-0.25, -0.2) is 0 Å². The minimum atomic E-state index is 0.0749. The Hall–Kier alpha value is -0.610. The predicted molar refractivity (Wildman–Crippen MR) is 66.1 cm³/mol. The molecule has 0 aromatic carbocycles. The zero-order valence-corrected chi connectivity index (χ0v) is 10.8. The van der Waals surface area contributed by atoms with Gasteiger partial charge in [-0.2, -0.15) is 0 Å². The topological polar surface area (TPSA) is 49.6 Å². The molecule has 4 nitrogen and oxygen atoms in total. The summed E-state index contributed by atoms with van der Waals surface area (Å²) in [5.74, 6) is 0.350. The maximum atomic E-state index is 12.1. The number of nitrogens with zero attached hydrogens (tertiary/aromatic N) is 2. The van der Waals surface area contributed by atoms with Gasteiger partial charge in [-0.05, 0) is 39.9 Å². The van der Waals surface area contributed by atoms with Crippen molar-refractivity contribution in [3.63, 3.8) is 0 Å². The fourth-order valence-corrected chi connectivity index (χ4v) is 2.26. The number of rotatable bonds is 4. The van der Waals surface area contributed by atoms with Gasteiger partial charge in [0.05, 0.1) is 0 Å². The molecule has 0 aromatic heterocycles. The lowest BCUT2D eigenvalue weighted by molar-refractivity contribution is -0.137. The van der Waals surface area contributed by atoms with Crippen molar-refractivity contribution < 1.29 is 4.79 Å². The van der Waals surface area contributed by atoms with Gasteiger partial charge in [-0.15, -0.1) is 0 Å². The number of piperidine rings is 1. The molecule has 0 spiro atoms. The fourth-order valence-electron chi connectivity index (χ4n) is 2.26. The number of likely N-dealkylation sites (N-methyl/N-ethyl adjacent to an activating group) is 1. The van der Waals surface area contributed by atoms with Crippen LogP contribution in [0.15, 0.2) is 0 Å². The lowest BCUT2D eigenvalue weighted by atomic mass is 10.0. The van der Waals surface area contributed by atoms with Crippen LogP contribution in [0.4, 0.5) is 0 Å². The average molecular weight is 227 g/mol. The highest BCUT2D eigenvalue weighted by molar-refractivity contribution is 5.78. The molecule has 1 saturated heterocycles. The van der Waals surface area contributed by atoms with Crippen molar-refractivity contribution >= 4 is 5.91 Å². The lowest BCUT2D eigenvalue weighted by Crippen LogP contribution is -2.49. The van der Waals surface area contributed by atoms with E-state index < -0.39 is 0 Å². The number of hydrogen-bond donors (Lipinski definition) is 1. The van der Waals surface area contributed by atoms with Crippen molar-refractivity contribution in [1.82, 2.24) is 9.80 Å². The Kier molecular flexibility index (Phi) is 5.22. The van der Waals surface area contributed by atoms with Crippen molar-refractivity contribution in [2.24, 2.45) is 11.7 Å². The first-order valence-electron chi connectivity index (χ1n) is 6.21. The van der Waals surface area contributed by atoms with Crippen molar-refractivity contribution in [3.05, 3.63) is 0 Å². The van der Waals surface area contributed by atoms with E-state index >= 15 is 0 Å². The van der Waals surface area contributed by atoms with E-state index in [4.69, 9.17) is 5.73 Å². The monoisotopic (exact) mass is 227 g/mol. The van der Waals surface area contributed by atoms with E-state index in [2.05, 4.69) is 19.0 Å². The third-order valence-electron chi connectivity index (χ3n) is 3.46. The van der Waals surface area contributed by atoms with Gasteiger partial charge in [0.15, 0.2) is 0 Å². The second-order valence-electron chi connectivity index (χ2n) is 5.02. The van der Waals surface area contributed by atoms with Crippen LogP contribution in [-0.4, -0.2) is 55.5 Å². The number of nitrogens with two attached hydrogens (primary N) is 1. The van der Waals surface area contributed by atoms with Crippen LogP contribution >= 0.6 is 0 Å². The molecule has 0 aromatic rings. The highest BCUT2D eigenvalue weighted by Gasteiger charge is 2.27. The van der Waals surface area contributed by atoms with Gasteiger partial charge in [-0.3, -0.25) is 4.79 Å². The van der Waals surface area contributed by atoms with E-state index in [-0.39, 0.29) is 11.8 Å². The van der Waals surface area contributed by atoms with Crippen LogP contribution in [0, 0.1) is 5.92 Å². The maximum Gasteiger partial charge on any atom is 0.225 e. The Balaban J connectivity index is 2.49. The minimum Gasteiger partial charge on any atom is -0.341 e. The summed E-state index contributed by atoms with van der Waals surface area (Å²) >= 11 is 0. The summed E-state index contributed by atoms with van der Waals surface area (Å²) in [5.41, 5.74) is 5.49. The van der Waals surface area contributed by atoms with E-state index in [1.54, 1.807) is 0 Å². The summed E-state index contributed by atoms with van der Waals surface area (Å²) in [6.07, 6.45) is 3.11. The molecule has 2 atom stereocenters. The van der Waals surface area contributed by atoms with Crippen LogP contribution in [-0.2, 0) is 4.79 Å². The highest BCUT2D eigenvalue weighted by Crippen LogP contribution is 2.16. The molecule has 1 amide bonds. The molecule has 0 radical (unpaired) electrons. The van der Waals surface area contributed by atoms with Gasteiger partial charge in [0.2, 0.25) is 5.91 Å². The quantitative estimate of drug-likeness (QED) is 0.762. The van der Waals surface area contributed by atoms with Crippen LogP contribution in [0.25, 0.3) is 0 Å². The zero-order valence-electron chi connectivity index (χ0n) is 10.8. The molecule has 1 aliphatic rings. The molecule has 2 unspecified atom stereocenters. The second-order valence-corrected chi connectivity index (χ2v) is 5.02. The predicted octanol–water partition coefficient (Wildman–Crippen LogP) is 0.524. The molecule has 94 valence electrons. The molecule has 16 heavy (non-hydrogen) atoms. The molecular formula is C12H25N3O. The Morgan fingerprint density at radius 2 is 2.25 bits per heavy atom. The Morgan fingerprint density at radius 3 is 2.81 bits per heavy atom. The SMILES string of the molecule is CC(CCN)C(=O)N1CCCC(N(C)C)C1. The summed E-state index contributed by atoms with van der Waals surface area (Å²) in [6, 6.07) is 0.516. The number of hydrogen-bond acceptors (Lipinski definition) is 3. The molecule has 1 rings (SSSR count). The van der Waals surface area contributed by atoms with Crippen LogP contribution in [0.3, 0.4) is 0 Å². The van der Waals surface area contributed by atoms with Gasteiger partial charge >= 0.3 is 0 Å². The summed E-state index contributed by atoms with van der Waals surface area (Å²) in [4.78, 5) is 16.3. The molecule has 0 saturated carbocycles. The summed E-state index contributed by atoms with van der Waals surface area (Å²) in [6.45, 7) is 4.37. The molecule has 2 N–H and O–H groups in total. The number of carbonyl (C=O) groups is 1. The standard InChI is InChI=1S/C12H25N3O/c1-10(6-7-13)12(16)15-8-4-5-11(9-15)14(2)3/h10-11H,4-9,13H2,1-3H3. The second kappa shape index (κ2) is 6.21. The van der Waals surface area contributed by atoms with E-state index in [9.17, 15) is 4.79 Å². The number of carbonyl (C=O) groups excluding carboxylic acids is 1. The van der Waals surface area contributed by atoms with Gasteiger partial charge in [0.1, 0.15) is 0 Å². The Labute approximate surface area is 98.8 Å². The summed E-state index contributed by atoms with van der Waals surface area (Å²) in [7, 11) is 4.17. The van der Waals surface area contributed by atoms with Gasteiger partial charge in [-0.1, -0.05) is 6.92 Å². The summed E-state index contributed by atoms with van der Waals surface area (Å²) < 4.78 is 0. The van der Waals surface area contributed by atoms with E-state index in [0.29, 0.717) is 12.6 Å². The highest BCUT2D eigenvalue weighted by atomic mass is 16.2. The molecule has 1 aliphatic heterocycles. The van der Waals surface area contributed by atoms with Crippen molar-refractivity contribution in [3.8, 4) is 0 Å². The number of amides is 1. The first-order chi connectivity index (χ1) is 7.56. The third-order valence-corrected chi connectivity index (χ3v) is 3.46. The zero-order chi connectivity index (χ0) is 12.1. The Bertz CT molecular complexity index is 230. The number of likely N-dealkylation sites (tertiary alicyclic amines) is 1. The normalized spacial score (nSPS) is 23.6. The molecule has 0 aliphatic carbocycles. The maximum absolute atomic E-state index is 12.1.